The highest BCUT2D eigenvalue weighted by molar-refractivity contribution is 5.97. The standard InChI is InChI=1S/C22H38N2O3/c1-8-10-11-26-20-18(7)12-19(15-23-20)24-21(25)22(27-9-2,13-16(3)4)14-17(5)6/h12,15-17H,8-11,13-14H2,1-7H3,(H,24,25). The number of unbranched alkanes of at least 4 members (excludes halogenated alkanes) is 1. The highest BCUT2D eigenvalue weighted by atomic mass is 16.5. The number of aromatic nitrogens is 1. The zero-order valence-corrected chi connectivity index (χ0v) is 18.2. The zero-order valence-electron chi connectivity index (χ0n) is 18.2. The largest absolute Gasteiger partial charge is 0.477 e. The topological polar surface area (TPSA) is 60.5 Å². The molecule has 0 saturated heterocycles. The minimum Gasteiger partial charge on any atom is -0.477 e. The van der Waals surface area contributed by atoms with Gasteiger partial charge in [-0.2, -0.15) is 0 Å². The number of carbonyl (C=O) groups is 1. The molecular formula is C22H38N2O3. The molecule has 1 aromatic heterocycles. The van der Waals surface area contributed by atoms with Gasteiger partial charge in [0.2, 0.25) is 5.88 Å². The molecule has 1 heterocycles. The number of hydrogen-bond donors (Lipinski definition) is 1. The van der Waals surface area contributed by atoms with E-state index in [9.17, 15) is 4.79 Å². The van der Waals surface area contributed by atoms with E-state index in [1.54, 1.807) is 6.20 Å². The van der Waals surface area contributed by atoms with E-state index in [-0.39, 0.29) is 5.91 Å². The summed E-state index contributed by atoms with van der Waals surface area (Å²) < 4.78 is 11.7. The van der Waals surface area contributed by atoms with Gasteiger partial charge in [-0.15, -0.1) is 0 Å². The van der Waals surface area contributed by atoms with Crippen molar-refractivity contribution in [2.75, 3.05) is 18.5 Å². The number of pyridine rings is 1. The fourth-order valence-electron chi connectivity index (χ4n) is 3.39. The molecule has 0 atom stereocenters. The third-order valence-corrected chi connectivity index (χ3v) is 4.34. The van der Waals surface area contributed by atoms with Gasteiger partial charge in [-0.3, -0.25) is 4.79 Å². The SMILES string of the molecule is CCCCOc1ncc(NC(=O)C(CC(C)C)(CC(C)C)OCC)cc1C. The first-order chi connectivity index (χ1) is 12.7. The van der Waals surface area contributed by atoms with Gasteiger partial charge in [-0.1, -0.05) is 41.0 Å². The van der Waals surface area contributed by atoms with Crippen LogP contribution in [0, 0.1) is 18.8 Å². The van der Waals surface area contributed by atoms with Gasteiger partial charge in [0.15, 0.2) is 0 Å². The summed E-state index contributed by atoms with van der Waals surface area (Å²) in [5.74, 6) is 1.25. The third kappa shape index (κ3) is 7.49. The lowest BCUT2D eigenvalue weighted by molar-refractivity contribution is -0.146. The second-order valence-corrected chi connectivity index (χ2v) is 8.13. The van der Waals surface area contributed by atoms with Gasteiger partial charge >= 0.3 is 0 Å². The molecule has 27 heavy (non-hydrogen) atoms. The third-order valence-electron chi connectivity index (χ3n) is 4.34. The van der Waals surface area contributed by atoms with Gasteiger partial charge in [-0.05, 0) is 51.0 Å². The van der Waals surface area contributed by atoms with Crippen LogP contribution in [-0.2, 0) is 9.53 Å². The minimum atomic E-state index is -0.818. The van der Waals surface area contributed by atoms with Crippen molar-refractivity contribution in [2.24, 2.45) is 11.8 Å². The van der Waals surface area contributed by atoms with Crippen molar-refractivity contribution in [1.82, 2.24) is 4.98 Å². The molecule has 0 radical (unpaired) electrons. The number of ether oxygens (including phenoxy) is 2. The molecule has 0 fully saturated rings. The molecule has 1 N–H and O–H groups in total. The number of rotatable bonds is 12. The summed E-state index contributed by atoms with van der Waals surface area (Å²) in [6, 6.07) is 1.91. The van der Waals surface area contributed by atoms with Gasteiger partial charge < -0.3 is 14.8 Å². The van der Waals surface area contributed by atoms with E-state index < -0.39 is 5.60 Å². The number of carbonyl (C=O) groups excluding carboxylic acids is 1. The van der Waals surface area contributed by atoms with Crippen LogP contribution in [0.4, 0.5) is 5.69 Å². The molecule has 0 aromatic carbocycles. The molecule has 1 aromatic rings. The molecule has 1 amide bonds. The predicted octanol–water partition coefficient (Wildman–Crippen LogP) is 5.37. The zero-order chi connectivity index (χ0) is 20.4. The number of amides is 1. The Hall–Kier alpha value is -1.62. The van der Waals surface area contributed by atoms with Crippen LogP contribution in [0.5, 0.6) is 5.88 Å². The fraction of sp³-hybridized carbons (Fsp3) is 0.727. The Morgan fingerprint density at radius 3 is 2.30 bits per heavy atom. The molecule has 0 aliphatic rings. The van der Waals surface area contributed by atoms with Gasteiger partial charge in [0.25, 0.3) is 5.91 Å². The maximum Gasteiger partial charge on any atom is 0.256 e. The molecule has 154 valence electrons. The van der Waals surface area contributed by atoms with E-state index in [1.807, 2.05) is 19.9 Å². The van der Waals surface area contributed by atoms with Crippen LogP contribution in [0.2, 0.25) is 0 Å². The average molecular weight is 379 g/mol. The smallest absolute Gasteiger partial charge is 0.256 e. The Kier molecular flexibility index (Phi) is 9.78. The van der Waals surface area contributed by atoms with E-state index >= 15 is 0 Å². The predicted molar refractivity (Wildman–Crippen MR) is 111 cm³/mol. The molecule has 0 aliphatic heterocycles. The molecular weight excluding hydrogens is 340 g/mol. The quantitative estimate of drug-likeness (QED) is 0.496. The second-order valence-electron chi connectivity index (χ2n) is 8.13. The van der Waals surface area contributed by atoms with Gasteiger partial charge in [0.1, 0.15) is 5.60 Å². The fourth-order valence-corrected chi connectivity index (χ4v) is 3.39. The number of nitrogens with one attached hydrogen (secondary N) is 1. The first-order valence-corrected chi connectivity index (χ1v) is 10.3. The number of nitrogens with zero attached hydrogens (tertiary/aromatic N) is 1. The van der Waals surface area contributed by atoms with Gasteiger partial charge in [0, 0.05) is 12.2 Å². The van der Waals surface area contributed by atoms with Crippen LogP contribution in [0.25, 0.3) is 0 Å². The lowest BCUT2D eigenvalue weighted by atomic mass is 9.83. The highest BCUT2D eigenvalue weighted by Crippen LogP contribution is 2.31. The molecule has 0 aliphatic carbocycles. The number of anilines is 1. The molecule has 5 nitrogen and oxygen atoms in total. The van der Waals surface area contributed by atoms with Crippen LogP contribution < -0.4 is 10.1 Å². The van der Waals surface area contributed by atoms with Crippen molar-refractivity contribution in [2.45, 2.75) is 79.8 Å². The lowest BCUT2D eigenvalue weighted by Crippen LogP contribution is -2.47. The van der Waals surface area contributed by atoms with E-state index in [2.05, 4.69) is 44.9 Å². The van der Waals surface area contributed by atoms with E-state index in [1.165, 1.54) is 0 Å². The van der Waals surface area contributed by atoms with Crippen molar-refractivity contribution in [3.05, 3.63) is 17.8 Å². The lowest BCUT2D eigenvalue weighted by Gasteiger charge is -2.35. The average Bonchev–Trinajstić information content (AvgIpc) is 2.56. The second kappa shape index (κ2) is 11.3. The van der Waals surface area contributed by atoms with Crippen LogP contribution in [-0.4, -0.2) is 29.7 Å². The monoisotopic (exact) mass is 378 g/mol. The Morgan fingerprint density at radius 1 is 1.19 bits per heavy atom. The molecule has 0 bridgehead atoms. The summed E-state index contributed by atoms with van der Waals surface area (Å²) >= 11 is 0. The number of hydrogen-bond acceptors (Lipinski definition) is 4. The summed E-state index contributed by atoms with van der Waals surface area (Å²) in [5, 5.41) is 3.03. The Balaban J connectivity index is 2.97. The maximum absolute atomic E-state index is 13.2. The summed E-state index contributed by atoms with van der Waals surface area (Å²) in [6.45, 7) is 15.7. The molecule has 1 rings (SSSR count). The Bertz CT molecular complexity index is 575. The first-order valence-electron chi connectivity index (χ1n) is 10.3. The molecule has 0 unspecified atom stereocenters. The Labute approximate surface area is 165 Å². The summed E-state index contributed by atoms with van der Waals surface area (Å²) in [5.41, 5.74) is 0.775. The van der Waals surface area contributed by atoms with E-state index in [0.29, 0.717) is 49.5 Å². The van der Waals surface area contributed by atoms with Gasteiger partial charge in [-0.25, -0.2) is 4.98 Å². The molecule has 0 spiro atoms. The summed E-state index contributed by atoms with van der Waals surface area (Å²) in [6.07, 6.45) is 5.12. The van der Waals surface area contributed by atoms with E-state index in [4.69, 9.17) is 9.47 Å². The Morgan fingerprint density at radius 2 is 1.81 bits per heavy atom. The number of aryl methyl sites for hydroxylation is 1. The maximum atomic E-state index is 13.2. The summed E-state index contributed by atoms with van der Waals surface area (Å²) in [7, 11) is 0. The normalized spacial score (nSPS) is 11.9. The van der Waals surface area contributed by atoms with Crippen LogP contribution in [0.15, 0.2) is 12.3 Å². The molecule has 5 heteroatoms. The first kappa shape index (κ1) is 23.4. The minimum absolute atomic E-state index is 0.0902. The van der Waals surface area contributed by atoms with E-state index in [0.717, 1.165) is 18.4 Å². The van der Waals surface area contributed by atoms with Crippen molar-refractivity contribution in [3.8, 4) is 5.88 Å². The van der Waals surface area contributed by atoms with Crippen molar-refractivity contribution < 1.29 is 14.3 Å². The van der Waals surface area contributed by atoms with Crippen molar-refractivity contribution in [3.63, 3.8) is 0 Å². The van der Waals surface area contributed by atoms with Gasteiger partial charge in [0.05, 0.1) is 18.5 Å². The van der Waals surface area contributed by atoms with Crippen LogP contribution in [0.1, 0.15) is 72.8 Å². The highest BCUT2D eigenvalue weighted by Gasteiger charge is 2.40. The van der Waals surface area contributed by atoms with Crippen LogP contribution in [0.3, 0.4) is 0 Å². The summed E-state index contributed by atoms with van der Waals surface area (Å²) in [4.78, 5) is 17.6. The van der Waals surface area contributed by atoms with Crippen LogP contribution >= 0.6 is 0 Å². The van der Waals surface area contributed by atoms with Crippen molar-refractivity contribution >= 4 is 11.6 Å². The van der Waals surface area contributed by atoms with Crippen molar-refractivity contribution in [1.29, 1.82) is 0 Å². The molecule has 0 saturated carbocycles.